The van der Waals surface area contributed by atoms with Gasteiger partial charge < -0.3 is 0 Å². The van der Waals surface area contributed by atoms with Crippen molar-refractivity contribution in [1.29, 1.82) is 0 Å². The molecular formula is C21H17FIN. The van der Waals surface area contributed by atoms with Crippen molar-refractivity contribution in [2.75, 3.05) is 7.05 Å². The topological polar surface area (TPSA) is 3.24 Å². The van der Waals surface area contributed by atoms with E-state index in [0.29, 0.717) is 3.57 Å². The van der Waals surface area contributed by atoms with Gasteiger partial charge in [0.2, 0.25) is 0 Å². The van der Waals surface area contributed by atoms with Gasteiger partial charge in [0, 0.05) is 10.1 Å². The minimum Gasteiger partial charge on any atom is -0.285 e. The molecule has 1 aliphatic rings. The fourth-order valence-electron chi connectivity index (χ4n) is 3.91. The number of benzene rings is 3. The largest absolute Gasteiger partial charge is 0.285 e. The molecule has 0 aliphatic carbocycles. The molecule has 0 atom stereocenters. The van der Waals surface area contributed by atoms with E-state index in [0.717, 1.165) is 12.1 Å². The van der Waals surface area contributed by atoms with Crippen LogP contribution in [0.25, 0.3) is 0 Å². The van der Waals surface area contributed by atoms with E-state index in [1.807, 2.05) is 18.2 Å². The van der Waals surface area contributed by atoms with E-state index in [4.69, 9.17) is 0 Å². The Morgan fingerprint density at radius 3 is 2.00 bits per heavy atom. The second-order valence-electron chi connectivity index (χ2n) is 6.22. The van der Waals surface area contributed by atoms with Gasteiger partial charge in [-0.25, -0.2) is 4.39 Å². The zero-order valence-electron chi connectivity index (χ0n) is 13.3. The minimum absolute atomic E-state index is 0.139. The number of fused-ring (bicyclic) bond motifs is 1. The predicted molar refractivity (Wildman–Crippen MR) is 103 cm³/mol. The molecule has 0 N–H and O–H groups in total. The molecule has 4 rings (SSSR count). The quantitative estimate of drug-likeness (QED) is 0.509. The zero-order chi connectivity index (χ0) is 16.7. The average Bonchev–Trinajstić information content (AvgIpc) is 2.89. The van der Waals surface area contributed by atoms with Crippen molar-refractivity contribution in [2.45, 2.75) is 12.1 Å². The second-order valence-corrected chi connectivity index (χ2v) is 7.38. The number of hydrogen-bond acceptors (Lipinski definition) is 1. The van der Waals surface area contributed by atoms with Crippen molar-refractivity contribution in [3.05, 3.63) is 104 Å². The SMILES string of the molecule is CN1Cc2cc(F)c(I)cc2C1(c1ccccc1)c1ccccc1. The zero-order valence-corrected chi connectivity index (χ0v) is 15.5. The van der Waals surface area contributed by atoms with Crippen molar-refractivity contribution >= 4 is 22.6 Å². The molecule has 0 saturated carbocycles. The molecule has 1 aliphatic heterocycles. The van der Waals surface area contributed by atoms with Gasteiger partial charge in [-0.1, -0.05) is 60.7 Å². The standard InChI is InChI=1S/C21H17FIN/c1-24-14-15-12-19(22)20(23)13-18(15)21(24,16-8-4-2-5-9-16)17-10-6-3-7-11-17/h2-13H,14H2,1H3. The van der Waals surface area contributed by atoms with Crippen LogP contribution in [0.5, 0.6) is 0 Å². The van der Waals surface area contributed by atoms with E-state index in [2.05, 4.69) is 83.1 Å². The maximum atomic E-state index is 14.1. The summed E-state index contributed by atoms with van der Waals surface area (Å²) in [6.45, 7) is 0.729. The first kappa shape index (κ1) is 15.8. The minimum atomic E-state index is -0.383. The monoisotopic (exact) mass is 429 g/mol. The van der Waals surface area contributed by atoms with Crippen LogP contribution in [0, 0.1) is 9.39 Å². The third kappa shape index (κ3) is 2.22. The van der Waals surface area contributed by atoms with Crippen LogP contribution < -0.4 is 0 Å². The molecule has 0 bridgehead atoms. The van der Waals surface area contributed by atoms with Gasteiger partial charge in [-0.3, -0.25) is 4.90 Å². The van der Waals surface area contributed by atoms with Gasteiger partial charge in [-0.05, 0) is 64.0 Å². The molecule has 0 radical (unpaired) electrons. The van der Waals surface area contributed by atoms with E-state index in [-0.39, 0.29) is 11.4 Å². The number of nitrogens with zero attached hydrogens (tertiary/aromatic N) is 1. The maximum absolute atomic E-state index is 14.1. The summed E-state index contributed by atoms with van der Waals surface area (Å²) in [5.74, 6) is -0.139. The lowest BCUT2D eigenvalue weighted by Gasteiger charge is -2.38. The second kappa shape index (κ2) is 5.97. The third-order valence-corrected chi connectivity index (χ3v) is 5.73. The first-order valence-electron chi connectivity index (χ1n) is 7.94. The summed E-state index contributed by atoms with van der Waals surface area (Å²) in [5, 5.41) is 0. The molecule has 0 unspecified atom stereocenters. The van der Waals surface area contributed by atoms with E-state index >= 15 is 0 Å². The molecule has 3 heteroatoms. The van der Waals surface area contributed by atoms with Crippen LogP contribution in [0.3, 0.4) is 0 Å². The Labute approximate surface area is 155 Å². The van der Waals surface area contributed by atoms with Crippen molar-refractivity contribution in [3.63, 3.8) is 0 Å². The van der Waals surface area contributed by atoms with Crippen LogP contribution in [-0.4, -0.2) is 11.9 Å². The molecule has 1 nitrogen and oxygen atoms in total. The Kier molecular flexibility index (Phi) is 3.93. The first-order chi connectivity index (χ1) is 11.6. The molecular weight excluding hydrogens is 412 g/mol. The summed E-state index contributed by atoms with van der Waals surface area (Å²) >= 11 is 2.09. The van der Waals surface area contributed by atoms with Gasteiger partial charge in [-0.15, -0.1) is 0 Å². The molecule has 3 aromatic carbocycles. The van der Waals surface area contributed by atoms with Crippen molar-refractivity contribution < 1.29 is 4.39 Å². The Morgan fingerprint density at radius 1 is 0.917 bits per heavy atom. The molecule has 0 amide bonds. The Balaban J connectivity index is 2.08. The third-order valence-electron chi connectivity index (χ3n) is 4.90. The highest BCUT2D eigenvalue weighted by atomic mass is 127. The predicted octanol–water partition coefficient (Wildman–Crippen LogP) is 5.17. The fourth-order valence-corrected chi connectivity index (χ4v) is 4.38. The van der Waals surface area contributed by atoms with Crippen LogP contribution in [-0.2, 0) is 12.1 Å². The van der Waals surface area contributed by atoms with Gasteiger partial charge in [-0.2, -0.15) is 0 Å². The lowest BCUT2D eigenvalue weighted by atomic mass is 9.77. The normalized spacial score (nSPS) is 16.1. The summed E-state index contributed by atoms with van der Waals surface area (Å²) in [4.78, 5) is 2.32. The molecule has 3 aromatic rings. The van der Waals surface area contributed by atoms with Crippen LogP contribution in [0.2, 0.25) is 0 Å². The van der Waals surface area contributed by atoms with Crippen LogP contribution in [0.4, 0.5) is 4.39 Å². The lowest BCUT2D eigenvalue weighted by molar-refractivity contribution is 0.222. The Bertz CT molecular complexity index is 838. The highest BCUT2D eigenvalue weighted by Crippen LogP contribution is 2.48. The molecule has 24 heavy (non-hydrogen) atoms. The summed E-state index contributed by atoms with van der Waals surface area (Å²) in [6, 6.07) is 24.7. The summed E-state index contributed by atoms with van der Waals surface area (Å²) in [5.41, 5.74) is 4.27. The van der Waals surface area contributed by atoms with Crippen LogP contribution in [0.1, 0.15) is 22.3 Å². The molecule has 1 heterocycles. The van der Waals surface area contributed by atoms with Gasteiger partial charge >= 0.3 is 0 Å². The van der Waals surface area contributed by atoms with Gasteiger partial charge in [0.25, 0.3) is 0 Å². The fraction of sp³-hybridized carbons (Fsp3) is 0.143. The first-order valence-corrected chi connectivity index (χ1v) is 9.02. The Hall–Kier alpha value is -1.72. The van der Waals surface area contributed by atoms with Crippen molar-refractivity contribution in [3.8, 4) is 0 Å². The summed E-state index contributed by atoms with van der Waals surface area (Å²) < 4.78 is 14.8. The van der Waals surface area contributed by atoms with E-state index < -0.39 is 0 Å². The average molecular weight is 429 g/mol. The number of halogens is 2. The van der Waals surface area contributed by atoms with Crippen LogP contribution in [0.15, 0.2) is 72.8 Å². The molecule has 120 valence electrons. The van der Waals surface area contributed by atoms with Gasteiger partial charge in [0.15, 0.2) is 0 Å². The van der Waals surface area contributed by atoms with E-state index in [1.54, 1.807) is 6.07 Å². The number of hydrogen-bond donors (Lipinski definition) is 0. The lowest BCUT2D eigenvalue weighted by Crippen LogP contribution is -2.40. The van der Waals surface area contributed by atoms with E-state index in [9.17, 15) is 4.39 Å². The van der Waals surface area contributed by atoms with Gasteiger partial charge in [0.1, 0.15) is 5.82 Å². The van der Waals surface area contributed by atoms with Gasteiger partial charge in [0.05, 0.1) is 5.54 Å². The number of rotatable bonds is 2. The summed E-state index contributed by atoms with van der Waals surface area (Å²) in [6.07, 6.45) is 0. The van der Waals surface area contributed by atoms with Crippen molar-refractivity contribution in [2.24, 2.45) is 0 Å². The van der Waals surface area contributed by atoms with E-state index in [1.165, 1.54) is 16.7 Å². The summed E-state index contributed by atoms with van der Waals surface area (Å²) in [7, 11) is 2.12. The smallest absolute Gasteiger partial charge is 0.136 e. The molecule has 0 aromatic heterocycles. The maximum Gasteiger partial charge on any atom is 0.136 e. The Morgan fingerprint density at radius 2 is 1.46 bits per heavy atom. The molecule has 0 saturated heterocycles. The molecule has 0 spiro atoms. The highest BCUT2D eigenvalue weighted by molar-refractivity contribution is 14.1. The van der Waals surface area contributed by atoms with Crippen molar-refractivity contribution in [1.82, 2.24) is 4.90 Å². The van der Waals surface area contributed by atoms with Crippen LogP contribution >= 0.6 is 22.6 Å². The highest BCUT2D eigenvalue weighted by Gasteiger charge is 2.46. The molecule has 0 fully saturated rings.